The number of nitrogens with one attached hydrogen (secondary N) is 1. The summed E-state index contributed by atoms with van der Waals surface area (Å²) in [4.78, 5) is 51.2. The molecule has 5 aromatic rings. The molecule has 12 nitrogen and oxygen atoms in total. The van der Waals surface area contributed by atoms with Crippen molar-refractivity contribution in [2.24, 2.45) is 0 Å². The van der Waals surface area contributed by atoms with E-state index in [1.54, 1.807) is 48.7 Å². The van der Waals surface area contributed by atoms with E-state index in [1.165, 1.54) is 22.0 Å². The van der Waals surface area contributed by atoms with Crippen LogP contribution in [0.5, 0.6) is 0 Å². The Hall–Kier alpha value is -5.30. The van der Waals surface area contributed by atoms with E-state index in [0.717, 1.165) is 18.2 Å². The van der Waals surface area contributed by atoms with Crippen LogP contribution >= 0.6 is 11.3 Å². The number of non-ortho nitro benzene ring substituents is 2. The van der Waals surface area contributed by atoms with Crippen LogP contribution in [0.15, 0.2) is 78.4 Å². The van der Waals surface area contributed by atoms with Crippen molar-refractivity contribution in [3.63, 3.8) is 0 Å². The van der Waals surface area contributed by atoms with Gasteiger partial charge >= 0.3 is 0 Å². The zero-order chi connectivity index (χ0) is 26.1. The van der Waals surface area contributed by atoms with Gasteiger partial charge in [0.05, 0.1) is 43.8 Å². The van der Waals surface area contributed by atoms with E-state index in [1.807, 2.05) is 5.38 Å². The van der Waals surface area contributed by atoms with Crippen LogP contribution < -0.4 is 5.32 Å². The summed E-state index contributed by atoms with van der Waals surface area (Å²) in [6, 6.07) is 14.6. The van der Waals surface area contributed by atoms with Crippen molar-refractivity contribution in [1.82, 2.24) is 14.6 Å². The molecule has 0 saturated heterocycles. The molecule has 13 heteroatoms. The number of benzene rings is 2. The van der Waals surface area contributed by atoms with Crippen LogP contribution in [0.25, 0.3) is 16.9 Å². The second kappa shape index (κ2) is 9.39. The van der Waals surface area contributed by atoms with Gasteiger partial charge in [0.25, 0.3) is 17.3 Å². The number of rotatable bonds is 7. The molecule has 0 radical (unpaired) electrons. The molecule has 0 fully saturated rings. The minimum Gasteiger partial charge on any atom is -0.322 e. The monoisotopic (exact) mass is 514 g/mol. The van der Waals surface area contributed by atoms with Crippen molar-refractivity contribution in [1.29, 1.82) is 0 Å². The van der Waals surface area contributed by atoms with E-state index >= 15 is 0 Å². The number of nitrogens with zero attached hydrogens (tertiary/aromatic N) is 5. The Labute approximate surface area is 211 Å². The van der Waals surface area contributed by atoms with Gasteiger partial charge in [-0.05, 0) is 29.6 Å². The van der Waals surface area contributed by atoms with Crippen molar-refractivity contribution in [3.8, 4) is 11.3 Å². The van der Waals surface area contributed by atoms with E-state index in [2.05, 4.69) is 15.4 Å². The standard InChI is InChI=1S/C24H14N6O6S/c31-22(21-5-2-8-37-21)19-13-26-28-20(6-7-25-23(19)28)14-3-1-4-16(9-14)27-24(32)15-10-17(29(33)34)12-18(11-15)30(35)36/h1-13H,(H,27,32). The zero-order valence-electron chi connectivity index (χ0n) is 18.6. The van der Waals surface area contributed by atoms with Gasteiger partial charge in [-0.2, -0.15) is 5.10 Å². The third-order valence-corrected chi connectivity index (χ3v) is 6.26. The van der Waals surface area contributed by atoms with E-state index in [9.17, 15) is 29.8 Å². The molecular weight excluding hydrogens is 500 g/mol. The number of carbonyl (C=O) groups excluding carboxylic acids is 2. The molecule has 0 aliphatic rings. The highest BCUT2D eigenvalue weighted by atomic mass is 32.1. The van der Waals surface area contributed by atoms with Crippen LogP contribution in [0.1, 0.15) is 25.6 Å². The van der Waals surface area contributed by atoms with Crippen molar-refractivity contribution in [2.45, 2.75) is 0 Å². The molecule has 1 N–H and O–H groups in total. The Morgan fingerprint density at radius 2 is 1.70 bits per heavy atom. The molecule has 0 bridgehead atoms. The molecule has 0 atom stereocenters. The Balaban J connectivity index is 1.47. The summed E-state index contributed by atoms with van der Waals surface area (Å²) in [5, 5.41) is 31.0. The van der Waals surface area contributed by atoms with Gasteiger partial charge in [-0.15, -0.1) is 11.3 Å². The van der Waals surface area contributed by atoms with Crippen molar-refractivity contribution >= 4 is 45.7 Å². The van der Waals surface area contributed by atoms with Crippen LogP contribution in [-0.4, -0.2) is 36.1 Å². The highest BCUT2D eigenvalue weighted by molar-refractivity contribution is 7.12. The number of aromatic nitrogens is 3. The first kappa shape index (κ1) is 23.4. The Bertz CT molecular complexity index is 1680. The average molecular weight is 514 g/mol. The van der Waals surface area contributed by atoms with Crippen LogP contribution in [0, 0.1) is 20.2 Å². The number of anilines is 1. The molecule has 1 amide bonds. The molecule has 3 heterocycles. The molecule has 5 rings (SSSR count). The summed E-state index contributed by atoms with van der Waals surface area (Å²) in [6.45, 7) is 0. The fraction of sp³-hybridized carbons (Fsp3) is 0. The number of hydrogen-bond acceptors (Lipinski definition) is 9. The fourth-order valence-corrected chi connectivity index (χ4v) is 4.39. The van der Waals surface area contributed by atoms with Gasteiger partial charge in [0.2, 0.25) is 5.78 Å². The minimum atomic E-state index is -0.805. The summed E-state index contributed by atoms with van der Waals surface area (Å²) >= 11 is 1.32. The van der Waals surface area contributed by atoms with E-state index < -0.39 is 27.1 Å². The van der Waals surface area contributed by atoms with Crippen LogP contribution in [-0.2, 0) is 0 Å². The predicted molar refractivity (Wildman–Crippen MR) is 134 cm³/mol. The molecular formula is C24H14N6O6S. The Morgan fingerprint density at radius 1 is 0.946 bits per heavy atom. The predicted octanol–water partition coefficient (Wildman–Crippen LogP) is 4.76. The van der Waals surface area contributed by atoms with Gasteiger partial charge in [0.15, 0.2) is 5.65 Å². The third kappa shape index (κ3) is 4.53. The van der Waals surface area contributed by atoms with Crippen LogP contribution in [0.3, 0.4) is 0 Å². The van der Waals surface area contributed by atoms with Crippen LogP contribution in [0.2, 0.25) is 0 Å². The normalized spacial score (nSPS) is 10.8. The quantitative estimate of drug-likeness (QED) is 0.185. The highest BCUT2D eigenvalue weighted by Crippen LogP contribution is 2.27. The number of thiophene rings is 1. The van der Waals surface area contributed by atoms with Gasteiger partial charge in [0, 0.05) is 29.6 Å². The maximum Gasteiger partial charge on any atom is 0.277 e. The SMILES string of the molecule is O=C(Nc1cccc(-c2ccnc3c(C(=O)c4cccs4)cnn23)c1)c1cc([N+](=O)[O-])cc([N+](=O)[O-])c1. The molecule has 0 saturated carbocycles. The van der Waals surface area contributed by atoms with Gasteiger partial charge in [-0.1, -0.05) is 18.2 Å². The molecule has 0 aliphatic heterocycles. The summed E-state index contributed by atoms with van der Waals surface area (Å²) < 4.78 is 1.52. The molecule has 2 aromatic carbocycles. The summed E-state index contributed by atoms with van der Waals surface area (Å²) in [6.07, 6.45) is 3.00. The smallest absolute Gasteiger partial charge is 0.277 e. The highest BCUT2D eigenvalue weighted by Gasteiger charge is 2.21. The fourth-order valence-electron chi connectivity index (χ4n) is 3.71. The first-order valence-electron chi connectivity index (χ1n) is 10.6. The number of ketones is 1. The van der Waals surface area contributed by atoms with Gasteiger partial charge in [-0.3, -0.25) is 29.8 Å². The average Bonchev–Trinajstić information content (AvgIpc) is 3.58. The number of hydrogen-bond donors (Lipinski definition) is 1. The van der Waals surface area contributed by atoms with Gasteiger partial charge < -0.3 is 5.32 Å². The molecule has 0 unspecified atom stereocenters. The summed E-state index contributed by atoms with van der Waals surface area (Å²) in [7, 11) is 0. The summed E-state index contributed by atoms with van der Waals surface area (Å²) in [5.41, 5.74) is 0.906. The van der Waals surface area contributed by atoms with Crippen molar-refractivity contribution in [3.05, 3.63) is 115 Å². The molecule has 37 heavy (non-hydrogen) atoms. The lowest BCUT2D eigenvalue weighted by Crippen LogP contribution is -2.12. The van der Waals surface area contributed by atoms with E-state index in [-0.39, 0.29) is 11.3 Å². The van der Waals surface area contributed by atoms with Gasteiger partial charge in [-0.25, -0.2) is 9.50 Å². The molecule has 0 aliphatic carbocycles. The second-order valence-corrected chi connectivity index (χ2v) is 8.67. The maximum atomic E-state index is 12.9. The Kier molecular flexibility index (Phi) is 5.95. The third-order valence-electron chi connectivity index (χ3n) is 5.39. The second-order valence-electron chi connectivity index (χ2n) is 7.72. The van der Waals surface area contributed by atoms with Crippen LogP contribution in [0.4, 0.5) is 17.1 Å². The number of nitro benzene ring substituents is 2. The number of fused-ring (bicyclic) bond motifs is 1. The lowest BCUT2D eigenvalue weighted by Gasteiger charge is -2.09. The van der Waals surface area contributed by atoms with Gasteiger partial charge in [0.1, 0.15) is 0 Å². The lowest BCUT2D eigenvalue weighted by atomic mass is 10.1. The van der Waals surface area contributed by atoms with E-state index in [0.29, 0.717) is 33.0 Å². The number of amides is 1. The molecule has 3 aromatic heterocycles. The topological polar surface area (TPSA) is 163 Å². The Morgan fingerprint density at radius 3 is 2.38 bits per heavy atom. The first-order chi connectivity index (χ1) is 17.8. The van der Waals surface area contributed by atoms with E-state index in [4.69, 9.17) is 0 Å². The zero-order valence-corrected chi connectivity index (χ0v) is 19.4. The first-order valence-corrected chi connectivity index (χ1v) is 11.5. The largest absolute Gasteiger partial charge is 0.322 e. The molecule has 0 spiro atoms. The number of nitro groups is 2. The minimum absolute atomic E-state index is 0.193. The lowest BCUT2D eigenvalue weighted by molar-refractivity contribution is -0.394. The summed E-state index contributed by atoms with van der Waals surface area (Å²) in [5.74, 6) is -0.951. The maximum absolute atomic E-state index is 12.9. The van der Waals surface area contributed by atoms with Crippen molar-refractivity contribution in [2.75, 3.05) is 5.32 Å². The molecule has 182 valence electrons. The van der Waals surface area contributed by atoms with Crippen molar-refractivity contribution < 1.29 is 19.4 Å². The number of carbonyl (C=O) groups is 2.